The van der Waals surface area contributed by atoms with Crippen LogP contribution in [0, 0.1) is 0 Å². The third kappa shape index (κ3) is 4.94. The van der Waals surface area contributed by atoms with Gasteiger partial charge in [-0.05, 0) is 37.6 Å². The number of ether oxygens (including phenoxy) is 1. The van der Waals surface area contributed by atoms with Gasteiger partial charge in [-0.15, -0.1) is 0 Å². The summed E-state index contributed by atoms with van der Waals surface area (Å²) in [5, 5.41) is 3.35. The maximum atomic E-state index is 5.11. The molecule has 16 heavy (non-hydrogen) atoms. The highest BCUT2D eigenvalue weighted by Gasteiger charge is 1.91. The number of hydrogen-bond donors (Lipinski definition) is 1. The Kier molecular flexibility index (Phi) is 6.26. The average molecular weight is 220 g/mol. The van der Waals surface area contributed by atoms with Crippen LogP contribution in [0.3, 0.4) is 0 Å². The van der Waals surface area contributed by atoms with Gasteiger partial charge in [0, 0.05) is 6.20 Å². The molecule has 0 spiro atoms. The zero-order valence-electron chi connectivity index (χ0n) is 10.1. The van der Waals surface area contributed by atoms with E-state index in [9.17, 15) is 0 Å². The minimum Gasteiger partial charge on any atom is -0.495 e. The lowest BCUT2D eigenvalue weighted by molar-refractivity contribution is 0.413. The molecule has 0 aliphatic rings. The lowest BCUT2D eigenvalue weighted by atomic mass is 10.2. The third-order valence-corrected chi connectivity index (χ3v) is 2.19. The Bertz CT molecular complexity index is 323. The van der Waals surface area contributed by atoms with Crippen LogP contribution in [0.25, 0.3) is 6.08 Å². The molecule has 1 rings (SSSR count). The van der Waals surface area contributed by atoms with E-state index in [1.807, 2.05) is 12.3 Å². The van der Waals surface area contributed by atoms with Crippen molar-refractivity contribution in [2.24, 2.45) is 0 Å². The van der Waals surface area contributed by atoms with Crippen LogP contribution in [0.5, 0.6) is 5.75 Å². The second kappa shape index (κ2) is 7.88. The van der Waals surface area contributed by atoms with Crippen LogP contribution in [0.2, 0.25) is 0 Å². The first-order valence-electron chi connectivity index (χ1n) is 5.73. The largest absolute Gasteiger partial charge is 0.495 e. The third-order valence-electron chi connectivity index (χ3n) is 2.19. The van der Waals surface area contributed by atoms with Crippen LogP contribution < -0.4 is 10.1 Å². The number of pyridine rings is 1. The number of aromatic nitrogens is 1. The summed E-state index contributed by atoms with van der Waals surface area (Å²) in [6, 6.07) is 1.98. The van der Waals surface area contributed by atoms with Gasteiger partial charge in [-0.1, -0.05) is 19.1 Å². The van der Waals surface area contributed by atoms with Gasteiger partial charge in [0.25, 0.3) is 0 Å². The molecule has 0 unspecified atom stereocenters. The quantitative estimate of drug-likeness (QED) is 0.717. The lowest BCUT2D eigenvalue weighted by Crippen LogP contribution is -2.14. The first-order valence-corrected chi connectivity index (χ1v) is 5.73. The lowest BCUT2D eigenvalue weighted by Gasteiger charge is -2.00. The zero-order valence-corrected chi connectivity index (χ0v) is 10.1. The normalized spacial score (nSPS) is 10.9. The minimum absolute atomic E-state index is 0.797. The Hall–Kier alpha value is -1.35. The van der Waals surface area contributed by atoms with Gasteiger partial charge in [0.15, 0.2) is 0 Å². The summed E-state index contributed by atoms with van der Waals surface area (Å²) in [7, 11) is 1.65. The first kappa shape index (κ1) is 12.7. The van der Waals surface area contributed by atoms with E-state index in [1.54, 1.807) is 13.3 Å². The van der Waals surface area contributed by atoms with Crippen LogP contribution in [0.15, 0.2) is 24.5 Å². The van der Waals surface area contributed by atoms with E-state index in [4.69, 9.17) is 4.74 Å². The van der Waals surface area contributed by atoms with Crippen LogP contribution in [-0.2, 0) is 0 Å². The second-order valence-corrected chi connectivity index (χ2v) is 3.60. The Balaban J connectivity index is 2.32. The molecule has 0 radical (unpaired) electrons. The molecule has 1 heterocycles. The highest BCUT2D eigenvalue weighted by molar-refractivity contribution is 5.49. The molecule has 1 aromatic rings. The molecule has 0 atom stereocenters. The van der Waals surface area contributed by atoms with Crippen molar-refractivity contribution in [1.82, 2.24) is 10.3 Å². The first-order chi connectivity index (χ1) is 7.86. The van der Waals surface area contributed by atoms with Gasteiger partial charge in [-0.2, -0.15) is 0 Å². The molecule has 0 fully saturated rings. The van der Waals surface area contributed by atoms with Crippen molar-refractivity contribution in [3.63, 3.8) is 0 Å². The summed E-state index contributed by atoms with van der Waals surface area (Å²) >= 11 is 0. The predicted molar refractivity (Wildman–Crippen MR) is 67.6 cm³/mol. The molecule has 88 valence electrons. The summed E-state index contributed by atoms with van der Waals surface area (Å²) in [4.78, 5) is 4.09. The standard InChI is InChI=1S/C13H20N2O/c1-3-7-14-8-5-4-6-12-9-13(16-2)11-15-10-12/h4,6,9-11,14H,3,5,7-8H2,1-2H3/b6-4+. The van der Waals surface area contributed by atoms with Crippen LogP contribution >= 0.6 is 0 Å². The number of methoxy groups -OCH3 is 1. The maximum absolute atomic E-state index is 5.11. The van der Waals surface area contributed by atoms with Gasteiger partial charge < -0.3 is 10.1 Å². The van der Waals surface area contributed by atoms with E-state index in [-0.39, 0.29) is 0 Å². The van der Waals surface area contributed by atoms with Gasteiger partial charge in [0.2, 0.25) is 0 Å². The number of nitrogens with zero attached hydrogens (tertiary/aromatic N) is 1. The second-order valence-electron chi connectivity index (χ2n) is 3.60. The fourth-order valence-corrected chi connectivity index (χ4v) is 1.34. The molecular weight excluding hydrogens is 200 g/mol. The van der Waals surface area contributed by atoms with Crippen LogP contribution in [-0.4, -0.2) is 25.2 Å². The van der Waals surface area contributed by atoms with Gasteiger partial charge in [0.05, 0.1) is 13.3 Å². The van der Waals surface area contributed by atoms with Crippen molar-refractivity contribution in [2.75, 3.05) is 20.2 Å². The highest BCUT2D eigenvalue weighted by Crippen LogP contribution is 2.11. The van der Waals surface area contributed by atoms with E-state index in [2.05, 4.69) is 29.4 Å². The monoisotopic (exact) mass is 220 g/mol. The van der Waals surface area contributed by atoms with Gasteiger partial charge >= 0.3 is 0 Å². The van der Waals surface area contributed by atoms with Gasteiger partial charge in [-0.3, -0.25) is 4.98 Å². The molecule has 0 aromatic carbocycles. The predicted octanol–water partition coefficient (Wildman–Crippen LogP) is 2.49. The SMILES string of the molecule is CCCNCC/C=C/c1cncc(OC)c1. The molecule has 0 amide bonds. The molecule has 1 N–H and O–H groups in total. The van der Waals surface area contributed by atoms with Crippen LogP contribution in [0.1, 0.15) is 25.3 Å². The summed E-state index contributed by atoms with van der Waals surface area (Å²) in [6.45, 7) is 4.29. The van der Waals surface area contributed by atoms with Crippen molar-refractivity contribution < 1.29 is 4.74 Å². The van der Waals surface area contributed by atoms with Crippen molar-refractivity contribution in [2.45, 2.75) is 19.8 Å². The van der Waals surface area contributed by atoms with Crippen molar-refractivity contribution in [3.8, 4) is 5.75 Å². The topological polar surface area (TPSA) is 34.2 Å². The molecule has 0 saturated heterocycles. The fourth-order valence-electron chi connectivity index (χ4n) is 1.34. The van der Waals surface area contributed by atoms with Crippen molar-refractivity contribution in [1.29, 1.82) is 0 Å². The van der Waals surface area contributed by atoms with Crippen molar-refractivity contribution in [3.05, 3.63) is 30.1 Å². The molecule has 0 saturated carbocycles. The number of nitrogens with one attached hydrogen (secondary N) is 1. The molecule has 3 heteroatoms. The molecular formula is C13H20N2O. The Morgan fingerprint density at radius 3 is 3.00 bits per heavy atom. The van der Waals surface area contributed by atoms with Crippen LogP contribution in [0.4, 0.5) is 0 Å². The average Bonchev–Trinajstić information content (AvgIpc) is 2.34. The summed E-state index contributed by atoms with van der Waals surface area (Å²) < 4.78 is 5.11. The Morgan fingerprint density at radius 1 is 1.38 bits per heavy atom. The van der Waals surface area contributed by atoms with E-state index >= 15 is 0 Å². The smallest absolute Gasteiger partial charge is 0.137 e. The minimum atomic E-state index is 0.797. The molecule has 0 bridgehead atoms. The van der Waals surface area contributed by atoms with E-state index in [0.717, 1.165) is 30.8 Å². The zero-order chi connectivity index (χ0) is 11.6. The molecule has 0 aliphatic heterocycles. The number of hydrogen-bond acceptors (Lipinski definition) is 3. The summed E-state index contributed by atoms with van der Waals surface area (Å²) in [5.74, 6) is 0.797. The molecule has 1 aromatic heterocycles. The highest BCUT2D eigenvalue weighted by atomic mass is 16.5. The maximum Gasteiger partial charge on any atom is 0.137 e. The van der Waals surface area contributed by atoms with Gasteiger partial charge in [-0.25, -0.2) is 0 Å². The Labute approximate surface area is 97.5 Å². The van der Waals surface area contributed by atoms with E-state index < -0.39 is 0 Å². The van der Waals surface area contributed by atoms with Gasteiger partial charge in [0.1, 0.15) is 5.75 Å². The summed E-state index contributed by atoms with van der Waals surface area (Å²) in [6.07, 6.45) is 9.99. The molecule has 0 aliphatic carbocycles. The van der Waals surface area contributed by atoms with E-state index in [1.165, 1.54) is 6.42 Å². The van der Waals surface area contributed by atoms with Crippen molar-refractivity contribution >= 4 is 6.08 Å². The summed E-state index contributed by atoms with van der Waals surface area (Å²) in [5.41, 5.74) is 1.08. The number of rotatable bonds is 7. The fraction of sp³-hybridized carbons (Fsp3) is 0.462. The van der Waals surface area contributed by atoms with E-state index in [0.29, 0.717) is 0 Å². The Morgan fingerprint density at radius 2 is 2.25 bits per heavy atom. The molecule has 3 nitrogen and oxygen atoms in total.